The molecule has 1 spiro atoms. The molecule has 2 saturated heterocycles. The first-order valence-electron chi connectivity index (χ1n) is 7.93. The molecule has 2 aliphatic heterocycles. The number of amidine groups is 1. The molecule has 2 aliphatic rings. The van der Waals surface area contributed by atoms with Gasteiger partial charge in [-0.2, -0.15) is 11.8 Å². The lowest BCUT2D eigenvalue weighted by molar-refractivity contribution is -0.111. The molecule has 2 rings (SSSR count). The Morgan fingerprint density at radius 1 is 1.43 bits per heavy atom. The average Bonchev–Trinajstić information content (AvgIpc) is 2.48. The summed E-state index contributed by atoms with van der Waals surface area (Å²) in [6, 6.07) is 0.538. The van der Waals surface area contributed by atoms with Gasteiger partial charge in [-0.25, -0.2) is 0 Å². The largest absolute Gasteiger partial charge is 0.388 e. The quantitative estimate of drug-likeness (QED) is 0.553. The lowest BCUT2D eigenvalue weighted by atomic mass is 9.84. The molecule has 0 aromatic rings. The summed E-state index contributed by atoms with van der Waals surface area (Å²) in [5.41, 5.74) is 5.64. The zero-order valence-electron chi connectivity index (χ0n) is 13.1. The predicted octanol–water partition coefficient (Wildman–Crippen LogP) is 1.71. The lowest BCUT2D eigenvalue weighted by Gasteiger charge is -2.46. The van der Waals surface area contributed by atoms with Crippen LogP contribution in [0.5, 0.6) is 0 Å². The van der Waals surface area contributed by atoms with Gasteiger partial charge in [-0.15, -0.1) is 0 Å². The summed E-state index contributed by atoms with van der Waals surface area (Å²) in [6.45, 7) is 3.37. The van der Waals surface area contributed by atoms with E-state index in [9.17, 15) is 0 Å². The first kappa shape index (κ1) is 17.1. The topological polar surface area (TPSA) is 71.6 Å². The molecule has 0 aromatic carbocycles. The molecule has 0 aromatic heterocycles. The van der Waals surface area contributed by atoms with Crippen LogP contribution in [0.25, 0.3) is 0 Å². The van der Waals surface area contributed by atoms with Crippen LogP contribution in [-0.2, 0) is 9.47 Å². The van der Waals surface area contributed by atoms with Crippen LogP contribution in [0.3, 0.4) is 0 Å². The van der Waals surface area contributed by atoms with Gasteiger partial charge in [0.15, 0.2) is 0 Å². The van der Waals surface area contributed by atoms with E-state index in [4.69, 9.17) is 20.6 Å². The van der Waals surface area contributed by atoms with Gasteiger partial charge < -0.3 is 15.2 Å². The van der Waals surface area contributed by atoms with E-state index in [-0.39, 0.29) is 11.4 Å². The number of hydrogen-bond donors (Lipinski definition) is 2. The highest BCUT2D eigenvalue weighted by atomic mass is 32.2. The molecule has 0 amide bonds. The number of nitrogens with one attached hydrogen (secondary N) is 1. The Morgan fingerprint density at radius 2 is 2.19 bits per heavy atom. The minimum absolute atomic E-state index is 0.107. The molecule has 0 aliphatic carbocycles. The summed E-state index contributed by atoms with van der Waals surface area (Å²) in [7, 11) is 1.74. The van der Waals surface area contributed by atoms with Crippen LogP contribution in [-0.4, -0.2) is 67.3 Å². The van der Waals surface area contributed by atoms with E-state index in [1.54, 1.807) is 7.11 Å². The van der Waals surface area contributed by atoms with E-state index >= 15 is 0 Å². The minimum Gasteiger partial charge on any atom is -0.388 e. The summed E-state index contributed by atoms with van der Waals surface area (Å²) in [5, 5.41) is 7.46. The Hall–Kier alpha value is -0.300. The van der Waals surface area contributed by atoms with E-state index in [1.807, 2.05) is 11.8 Å². The van der Waals surface area contributed by atoms with Crippen molar-refractivity contribution < 1.29 is 9.47 Å². The number of ether oxygens (including phenoxy) is 2. The predicted molar refractivity (Wildman–Crippen MR) is 88.2 cm³/mol. The zero-order valence-corrected chi connectivity index (χ0v) is 13.9. The van der Waals surface area contributed by atoms with Crippen molar-refractivity contribution in [3.63, 3.8) is 0 Å². The highest BCUT2D eigenvalue weighted by Crippen LogP contribution is 2.38. The second-order valence-electron chi connectivity index (χ2n) is 6.09. The standard InChI is InChI=1S/C15H29N3O2S/c1-19-9-7-18(6-2-14(16)17)13-3-8-20-15(12-13)4-10-21-11-5-15/h13H,2-12H2,1H3,(H3,16,17). The van der Waals surface area contributed by atoms with Crippen LogP contribution in [0.4, 0.5) is 0 Å². The van der Waals surface area contributed by atoms with Gasteiger partial charge in [0, 0.05) is 39.3 Å². The smallest absolute Gasteiger partial charge is 0.0918 e. The Bertz CT molecular complexity index is 329. The maximum absolute atomic E-state index is 7.46. The molecular formula is C15H29N3O2S. The fourth-order valence-corrected chi connectivity index (χ4v) is 4.59. The summed E-state index contributed by atoms with van der Waals surface area (Å²) in [6.07, 6.45) is 5.20. The maximum atomic E-state index is 7.46. The van der Waals surface area contributed by atoms with Crippen molar-refractivity contribution in [3.8, 4) is 0 Å². The van der Waals surface area contributed by atoms with Crippen molar-refractivity contribution in [2.75, 3.05) is 44.9 Å². The Morgan fingerprint density at radius 3 is 2.86 bits per heavy atom. The van der Waals surface area contributed by atoms with Gasteiger partial charge in [-0.05, 0) is 37.2 Å². The number of rotatable bonds is 7. The monoisotopic (exact) mass is 315 g/mol. The minimum atomic E-state index is 0.107. The van der Waals surface area contributed by atoms with Gasteiger partial charge in [0.05, 0.1) is 18.0 Å². The zero-order chi connectivity index (χ0) is 15.1. The summed E-state index contributed by atoms with van der Waals surface area (Å²) >= 11 is 2.04. The molecule has 2 heterocycles. The second kappa shape index (κ2) is 8.36. The van der Waals surface area contributed by atoms with Crippen LogP contribution in [0, 0.1) is 5.41 Å². The molecular weight excluding hydrogens is 286 g/mol. The SMILES string of the molecule is COCCN(CCC(=N)N)C1CCOC2(CCSCC2)C1. The van der Waals surface area contributed by atoms with Gasteiger partial charge in [-0.3, -0.25) is 10.3 Å². The molecule has 0 radical (unpaired) electrons. The van der Waals surface area contributed by atoms with Crippen LogP contribution in [0.2, 0.25) is 0 Å². The number of thioether (sulfide) groups is 1. The third kappa shape index (κ3) is 5.13. The van der Waals surface area contributed by atoms with E-state index in [0.29, 0.717) is 12.5 Å². The normalized spacial score (nSPS) is 25.3. The number of nitrogens with zero attached hydrogens (tertiary/aromatic N) is 1. The fraction of sp³-hybridized carbons (Fsp3) is 0.933. The molecule has 5 nitrogen and oxygen atoms in total. The summed E-state index contributed by atoms with van der Waals surface area (Å²) < 4.78 is 11.4. The van der Waals surface area contributed by atoms with E-state index in [2.05, 4.69) is 4.90 Å². The van der Waals surface area contributed by atoms with Crippen molar-refractivity contribution in [2.45, 2.75) is 43.7 Å². The highest BCUT2D eigenvalue weighted by Gasteiger charge is 2.40. The highest BCUT2D eigenvalue weighted by molar-refractivity contribution is 7.99. The van der Waals surface area contributed by atoms with Crippen LogP contribution >= 0.6 is 11.8 Å². The van der Waals surface area contributed by atoms with Crippen molar-refractivity contribution in [1.82, 2.24) is 4.90 Å². The maximum Gasteiger partial charge on any atom is 0.0918 e. The second-order valence-corrected chi connectivity index (χ2v) is 7.32. The van der Waals surface area contributed by atoms with E-state index in [1.165, 1.54) is 24.3 Å². The summed E-state index contributed by atoms with van der Waals surface area (Å²) in [5.74, 6) is 2.71. The first-order valence-corrected chi connectivity index (χ1v) is 9.08. The fourth-order valence-electron chi connectivity index (χ4n) is 3.35. The molecule has 6 heteroatoms. The van der Waals surface area contributed by atoms with Crippen molar-refractivity contribution in [2.24, 2.45) is 5.73 Å². The average molecular weight is 315 g/mol. The van der Waals surface area contributed by atoms with Gasteiger partial charge in [0.2, 0.25) is 0 Å². The van der Waals surface area contributed by atoms with Gasteiger partial charge in [-0.1, -0.05) is 0 Å². The Kier molecular flexibility index (Phi) is 6.79. The Balaban J connectivity index is 1.94. The van der Waals surface area contributed by atoms with Crippen LogP contribution in [0.1, 0.15) is 32.1 Å². The van der Waals surface area contributed by atoms with Crippen molar-refractivity contribution >= 4 is 17.6 Å². The van der Waals surface area contributed by atoms with E-state index < -0.39 is 0 Å². The number of nitrogens with two attached hydrogens (primary N) is 1. The number of methoxy groups -OCH3 is 1. The third-order valence-electron chi connectivity index (χ3n) is 4.64. The third-order valence-corrected chi connectivity index (χ3v) is 5.62. The molecule has 122 valence electrons. The molecule has 2 fully saturated rings. The van der Waals surface area contributed by atoms with Crippen LogP contribution < -0.4 is 5.73 Å². The van der Waals surface area contributed by atoms with E-state index in [0.717, 1.165) is 39.1 Å². The van der Waals surface area contributed by atoms with Crippen molar-refractivity contribution in [3.05, 3.63) is 0 Å². The lowest BCUT2D eigenvalue weighted by Crippen LogP contribution is -2.51. The van der Waals surface area contributed by atoms with Gasteiger partial charge in [0.25, 0.3) is 0 Å². The Labute approximate surface area is 132 Å². The van der Waals surface area contributed by atoms with Crippen LogP contribution in [0.15, 0.2) is 0 Å². The number of hydrogen-bond acceptors (Lipinski definition) is 5. The molecule has 0 saturated carbocycles. The summed E-state index contributed by atoms with van der Waals surface area (Å²) in [4.78, 5) is 2.46. The van der Waals surface area contributed by atoms with Crippen molar-refractivity contribution in [1.29, 1.82) is 5.41 Å². The first-order chi connectivity index (χ1) is 10.2. The molecule has 0 bridgehead atoms. The molecule has 1 atom stereocenters. The van der Waals surface area contributed by atoms with Gasteiger partial charge >= 0.3 is 0 Å². The molecule has 1 unspecified atom stereocenters. The van der Waals surface area contributed by atoms with Gasteiger partial charge in [0.1, 0.15) is 0 Å². The molecule has 21 heavy (non-hydrogen) atoms. The molecule has 3 N–H and O–H groups in total.